The second-order valence-corrected chi connectivity index (χ2v) is 6.67. The maximum absolute atomic E-state index is 5.74. The Hall–Kier alpha value is 0.420. The second kappa shape index (κ2) is 11.1. The molecule has 2 aliphatic rings. The van der Waals surface area contributed by atoms with Gasteiger partial charge in [-0.05, 0) is 25.7 Å². The van der Waals surface area contributed by atoms with Crippen molar-refractivity contribution in [2.75, 3.05) is 25.0 Å². The van der Waals surface area contributed by atoms with Crippen LogP contribution in [0.2, 0.25) is 0 Å². The lowest BCUT2D eigenvalue weighted by atomic mass is 10.1. The standard InChI is InChI=1S/C16H28Cl2O4/c17-9-13-11-19-15(21-13)7-5-3-1-2-4-6-8-16-20-12-14(10-18)22-16/h13-16H,1-12H2. The topological polar surface area (TPSA) is 36.9 Å². The maximum Gasteiger partial charge on any atom is 0.158 e. The van der Waals surface area contributed by atoms with E-state index in [9.17, 15) is 0 Å². The molecule has 4 atom stereocenters. The fourth-order valence-corrected chi connectivity index (χ4v) is 3.13. The molecule has 0 bridgehead atoms. The highest BCUT2D eigenvalue weighted by atomic mass is 35.5. The predicted molar refractivity (Wildman–Crippen MR) is 87.6 cm³/mol. The van der Waals surface area contributed by atoms with E-state index in [0.717, 1.165) is 25.7 Å². The van der Waals surface area contributed by atoms with E-state index in [4.69, 9.17) is 42.1 Å². The van der Waals surface area contributed by atoms with Crippen LogP contribution in [0.4, 0.5) is 0 Å². The van der Waals surface area contributed by atoms with Crippen molar-refractivity contribution in [1.29, 1.82) is 0 Å². The summed E-state index contributed by atoms with van der Waals surface area (Å²) in [6.45, 7) is 1.29. The molecule has 0 N–H and O–H groups in total. The number of ether oxygens (including phenoxy) is 4. The van der Waals surface area contributed by atoms with Crippen molar-refractivity contribution in [3.8, 4) is 0 Å². The van der Waals surface area contributed by atoms with Crippen molar-refractivity contribution in [2.24, 2.45) is 0 Å². The van der Waals surface area contributed by atoms with Gasteiger partial charge in [0.15, 0.2) is 12.6 Å². The van der Waals surface area contributed by atoms with E-state index < -0.39 is 0 Å². The number of unbranched alkanes of at least 4 members (excludes halogenated alkanes) is 5. The number of hydrogen-bond donors (Lipinski definition) is 0. The smallest absolute Gasteiger partial charge is 0.158 e. The Morgan fingerprint density at radius 3 is 1.41 bits per heavy atom. The van der Waals surface area contributed by atoms with Crippen LogP contribution >= 0.6 is 23.2 Å². The summed E-state index contributed by atoms with van der Waals surface area (Å²) < 4.78 is 22.3. The van der Waals surface area contributed by atoms with Crippen molar-refractivity contribution in [1.82, 2.24) is 0 Å². The molecule has 0 spiro atoms. The van der Waals surface area contributed by atoms with Gasteiger partial charge in [0, 0.05) is 0 Å². The van der Waals surface area contributed by atoms with Gasteiger partial charge >= 0.3 is 0 Å². The van der Waals surface area contributed by atoms with Crippen molar-refractivity contribution in [3.05, 3.63) is 0 Å². The van der Waals surface area contributed by atoms with Crippen LogP contribution in [-0.4, -0.2) is 49.8 Å². The van der Waals surface area contributed by atoms with Crippen molar-refractivity contribution in [3.63, 3.8) is 0 Å². The average molecular weight is 355 g/mol. The van der Waals surface area contributed by atoms with E-state index in [1.165, 1.54) is 25.7 Å². The zero-order valence-electron chi connectivity index (χ0n) is 13.2. The van der Waals surface area contributed by atoms with E-state index in [0.29, 0.717) is 25.0 Å². The fourth-order valence-electron chi connectivity index (χ4n) is 2.81. The number of alkyl halides is 2. The highest BCUT2D eigenvalue weighted by Gasteiger charge is 2.25. The third-order valence-corrected chi connectivity index (χ3v) is 4.79. The fraction of sp³-hybridized carbons (Fsp3) is 1.00. The normalized spacial score (nSPS) is 31.9. The Kier molecular flexibility index (Phi) is 9.43. The van der Waals surface area contributed by atoms with Gasteiger partial charge in [-0.2, -0.15) is 0 Å². The van der Waals surface area contributed by atoms with Crippen molar-refractivity contribution in [2.45, 2.75) is 76.2 Å². The summed E-state index contributed by atoms with van der Waals surface area (Å²) in [7, 11) is 0. The lowest BCUT2D eigenvalue weighted by Crippen LogP contribution is -2.13. The summed E-state index contributed by atoms with van der Waals surface area (Å²) in [5.41, 5.74) is 0. The molecule has 0 saturated carbocycles. The van der Waals surface area contributed by atoms with Gasteiger partial charge in [0.1, 0.15) is 0 Å². The Morgan fingerprint density at radius 1 is 0.636 bits per heavy atom. The Bertz CT molecular complexity index is 265. The largest absolute Gasteiger partial charge is 0.350 e. The first-order valence-electron chi connectivity index (χ1n) is 8.48. The molecule has 0 aliphatic carbocycles. The number of hydrogen-bond acceptors (Lipinski definition) is 4. The predicted octanol–water partition coefficient (Wildman–Crippen LogP) is 4.07. The summed E-state index contributed by atoms with van der Waals surface area (Å²) in [6, 6.07) is 0. The molecule has 2 saturated heterocycles. The Balaban J connectivity index is 1.35. The molecule has 130 valence electrons. The van der Waals surface area contributed by atoms with Gasteiger partial charge in [-0.3, -0.25) is 0 Å². The molecule has 4 unspecified atom stereocenters. The van der Waals surface area contributed by atoms with Crippen LogP contribution in [0.3, 0.4) is 0 Å². The third kappa shape index (κ3) is 6.90. The minimum atomic E-state index is -0.0321. The van der Waals surface area contributed by atoms with Gasteiger partial charge in [-0.15, -0.1) is 23.2 Å². The number of halogens is 2. The molecule has 6 heteroatoms. The molecule has 0 radical (unpaired) electrons. The maximum atomic E-state index is 5.74. The molecular formula is C16H28Cl2O4. The first-order valence-corrected chi connectivity index (χ1v) is 9.54. The van der Waals surface area contributed by atoms with E-state index in [1.54, 1.807) is 0 Å². The molecular weight excluding hydrogens is 327 g/mol. The molecule has 0 amide bonds. The van der Waals surface area contributed by atoms with E-state index in [-0.39, 0.29) is 24.8 Å². The van der Waals surface area contributed by atoms with Crippen LogP contribution in [0.25, 0.3) is 0 Å². The minimum Gasteiger partial charge on any atom is -0.350 e. The van der Waals surface area contributed by atoms with Crippen molar-refractivity contribution >= 4 is 23.2 Å². The summed E-state index contributed by atoms with van der Waals surface area (Å²) in [5.74, 6) is 1.05. The first kappa shape index (κ1) is 18.8. The summed E-state index contributed by atoms with van der Waals surface area (Å²) in [4.78, 5) is 0. The zero-order valence-corrected chi connectivity index (χ0v) is 14.7. The Labute approximate surface area is 143 Å². The van der Waals surface area contributed by atoms with Crippen LogP contribution in [0.15, 0.2) is 0 Å². The molecule has 2 fully saturated rings. The highest BCUT2D eigenvalue weighted by molar-refractivity contribution is 6.18. The summed E-state index contributed by atoms with van der Waals surface area (Å²) in [5, 5.41) is 0. The first-order chi connectivity index (χ1) is 10.8. The number of rotatable bonds is 11. The second-order valence-electron chi connectivity index (χ2n) is 6.05. The SMILES string of the molecule is ClCC1COC(CCCCCCCCC2OCC(CCl)O2)O1. The minimum absolute atomic E-state index is 0.0321. The van der Waals surface area contributed by atoms with Gasteiger partial charge in [-0.25, -0.2) is 0 Å². The molecule has 4 nitrogen and oxygen atoms in total. The monoisotopic (exact) mass is 354 g/mol. The quantitative estimate of drug-likeness (QED) is 0.414. The molecule has 2 aliphatic heterocycles. The van der Waals surface area contributed by atoms with E-state index >= 15 is 0 Å². The Morgan fingerprint density at radius 2 is 1.05 bits per heavy atom. The molecule has 0 aromatic heterocycles. The van der Waals surface area contributed by atoms with Crippen LogP contribution < -0.4 is 0 Å². The van der Waals surface area contributed by atoms with Crippen LogP contribution in [0.1, 0.15) is 51.4 Å². The van der Waals surface area contributed by atoms with E-state index in [1.807, 2.05) is 0 Å². The lowest BCUT2D eigenvalue weighted by Gasteiger charge is -2.10. The third-order valence-electron chi connectivity index (χ3n) is 4.10. The van der Waals surface area contributed by atoms with Crippen LogP contribution in [0.5, 0.6) is 0 Å². The molecule has 2 heterocycles. The average Bonchev–Trinajstić information content (AvgIpc) is 3.18. The van der Waals surface area contributed by atoms with Crippen LogP contribution in [-0.2, 0) is 18.9 Å². The van der Waals surface area contributed by atoms with Gasteiger partial charge in [0.2, 0.25) is 0 Å². The van der Waals surface area contributed by atoms with Crippen molar-refractivity contribution < 1.29 is 18.9 Å². The molecule has 2 rings (SSSR count). The molecule has 22 heavy (non-hydrogen) atoms. The summed E-state index contributed by atoms with van der Waals surface area (Å²) >= 11 is 11.5. The van der Waals surface area contributed by atoms with Crippen LogP contribution in [0, 0.1) is 0 Å². The molecule has 0 aromatic carbocycles. The zero-order chi connectivity index (χ0) is 15.6. The van der Waals surface area contributed by atoms with Gasteiger partial charge < -0.3 is 18.9 Å². The summed E-state index contributed by atoms with van der Waals surface area (Å²) in [6.07, 6.45) is 9.40. The highest BCUT2D eigenvalue weighted by Crippen LogP contribution is 2.20. The van der Waals surface area contributed by atoms with Gasteiger partial charge in [-0.1, -0.05) is 25.7 Å². The van der Waals surface area contributed by atoms with E-state index in [2.05, 4.69) is 0 Å². The van der Waals surface area contributed by atoms with Gasteiger partial charge in [0.25, 0.3) is 0 Å². The lowest BCUT2D eigenvalue weighted by molar-refractivity contribution is -0.0607. The van der Waals surface area contributed by atoms with Gasteiger partial charge in [0.05, 0.1) is 37.2 Å². The molecule has 0 aromatic rings.